The Morgan fingerprint density at radius 1 is 1.50 bits per heavy atom. The molecule has 0 aromatic rings. The van der Waals surface area contributed by atoms with Crippen LogP contribution in [0.2, 0.25) is 0 Å². The Morgan fingerprint density at radius 3 is 2.72 bits per heavy atom. The fourth-order valence-corrected chi connectivity index (χ4v) is 1.76. The van der Waals surface area contributed by atoms with E-state index in [0.717, 1.165) is 6.42 Å². The minimum atomic E-state index is -0.930. The first-order chi connectivity index (χ1) is 8.64. The van der Waals surface area contributed by atoms with Crippen molar-refractivity contribution in [2.75, 3.05) is 19.8 Å². The Balaban J connectivity index is 2.73. The quantitative estimate of drug-likeness (QED) is 0.426. The lowest BCUT2D eigenvalue weighted by Crippen LogP contribution is -2.41. The average molecular weight is 252 g/mol. The lowest BCUT2D eigenvalue weighted by atomic mass is 9.96. The van der Waals surface area contributed by atoms with Crippen LogP contribution in [0.25, 0.3) is 0 Å². The topological polar surface area (TPSA) is 44.8 Å². The molecule has 0 amide bonds. The predicted molar refractivity (Wildman–Crippen MR) is 67.6 cm³/mol. The molecule has 4 heteroatoms. The van der Waals surface area contributed by atoms with Crippen LogP contribution < -0.4 is 0 Å². The van der Waals surface area contributed by atoms with Gasteiger partial charge in [-0.1, -0.05) is 19.6 Å². The normalized spacial score (nSPS) is 18.6. The van der Waals surface area contributed by atoms with E-state index in [1.54, 1.807) is 6.92 Å². The molecule has 0 spiro atoms. The maximum atomic E-state index is 12.0. The van der Waals surface area contributed by atoms with Crippen molar-refractivity contribution in [1.29, 1.82) is 0 Å². The molecule has 1 unspecified atom stereocenters. The summed E-state index contributed by atoms with van der Waals surface area (Å²) in [5.41, 5.74) is 0. The van der Waals surface area contributed by atoms with Gasteiger partial charge in [0.15, 0.2) is 5.79 Å². The van der Waals surface area contributed by atoms with Crippen molar-refractivity contribution in [3.63, 3.8) is 0 Å². The van der Waals surface area contributed by atoms with Crippen LogP contribution in [-0.4, -0.2) is 31.6 Å². The third kappa shape index (κ3) is 3.86. The number of rotatable bonds is 5. The van der Waals surface area contributed by atoms with Gasteiger partial charge in [0.05, 0.1) is 13.2 Å². The fourth-order valence-electron chi connectivity index (χ4n) is 1.76. The molecule has 1 atom stereocenters. The Bertz CT molecular complexity index is 345. The summed E-state index contributed by atoms with van der Waals surface area (Å²) in [6.45, 7) is 8.40. The van der Waals surface area contributed by atoms with Crippen molar-refractivity contribution in [3.8, 4) is 11.8 Å². The second-order valence-electron chi connectivity index (χ2n) is 4.10. The van der Waals surface area contributed by atoms with Crippen LogP contribution in [0.5, 0.6) is 0 Å². The van der Waals surface area contributed by atoms with E-state index in [4.69, 9.17) is 14.2 Å². The van der Waals surface area contributed by atoms with Crippen molar-refractivity contribution in [1.82, 2.24) is 0 Å². The van der Waals surface area contributed by atoms with Gasteiger partial charge in [-0.3, -0.25) is 4.79 Å². The molecule has 0 bridgehead atoms. The molecule has 0 radical (unpaired) electrons. The first kappa shape index (κ1) is 14.7. The second kappa shape index (κ2) is 7.20. The maximum Gasteiger partial charge on any atom is 0.315 e. The zero-order valence-electron chi connectivity index (χ0n) is 11.0. The van der Waals surface area contributed by atoms with Crippen molar-refractivity contribution < 1.29 is 19.0 Å². The number of esters is 1. The standard InChI is InChI=1S/C14H20O4/c1-4-6-7-8-12(13(15)16-9-5-2)14(3)17-10-11-18-14/h5,12H,2,4,8-11H2,1,3H3. The van der Waals surface area contributed by atoms with E-state index in [2.05, 4.69) is 18.4 Å². The van der Waals surface area contributed by atoms with Crippen LogP contribution in [0, 0.1) is 17.8 Å². The average Bonchev–Trinajstić information content (AvgIpc) is 2.79. The third-order valence-electron chi connectivity index (χ3n) is 2.73. The first-order valence-electron chi connectivity index (χ1n) is 6.15. The van der Waals surface area contributed by atoms with E-state index in [9.17, 15) is 4.79 Å². The van der Waals surface area contributed by atoms with Crippen molar-refractivity contribution in [2.45, 2.75) is 32.5 Å². The number of hydrogen-bond donors (Lipinski definition) is 0. The highest BCUT2D eigenvalue weighted by Gasteiger charge is 2.44. The molecule has 0 aliphatic carbocycles. The zero-order chi connectivity index (χ0) is 13.4. The largest absolute Gasteiger partial charge is 0.461 e. The molecule has 0 saturated carbocycles. The minimum Gasteiger partial charge on any atom is -0.461 e. The maximum absolute atomic E-state index is 12.0. The highest BCUT2D eigenvalue weighted by molar-refractivity contribution is 5.74. The number of ether oxygens (including phenoxy) is 3. The fraction of sp³-hybridized carbons (Fsp3) is 0.643. The molecule has 18 heavy (non-hydrogen) atoms. The summed E-state index contributed by atoms with van der Waals surface area (Å²) in [7, 11) is 0. The summed E-state index contributed by atoms with van der Waals surface area (Å²) in [5, 5.41) is 0. The minimum absolute atomic E-state index is 0.187. The van der Waals surface area contributed by atoms with Crippen molar-refractivity contribution in [2.24, 2.45) is 5.92 Å². The van der Waals surface area contributed by atoms with Gasteiger partial charge in [0.25, 0.3) is 0 Å². The van der Waals surface area contributed by atoms with E-state index in [1.165, 1.54) is 6.08 Å². The molecule has 1 rings (SSSR count). The summed E-state index contributed by atoms with van der Waals surface area (Å²) in [5.74, 6) is 4.08. The zero-order valence-corrected chi connectivity index (χ0v) is 11.0. The Hall–Kier alpha value is -1.31. The van der Waals surface area contributed by atoms with Gasteiger partial charge >= 0.3 is 5.97 Å². The monoisotopic (exact) mass is 252 g/mol. The molecule has 1 fully saturated rings. The third-order valence-corrected chi connectivity index (χ3v) is 2.73. The molecule has 0 N–H and O–H groups in total. The predicted octanol–water partition coefficient (Wildman–Crippen LogP) is 1.90. The number of carbonyl (C=O) groups excluding carboxylic acids is 1. The van der Waals surface area contributed by atoms with Gasteiger partial charge in [-0.25, -0.2) is 0 Å². The first-order valence-corrected chi connectivity index (χ1v) is 6.15. The van der Waals surface area contributed by atoms with Gasteiger partial charge in [-0.2, -0.15) is 0 Å². The van der Waals surface area contributed by atoms with Crippen LogP contribution in [0.3, 0.4) is 0 Å². The van der Waals surface area contributed by atoms with E-state index in [0.29, 0.717) is 19.6 Å². The summed E-state index contributed by atoms with van der Waals surface area (Å²) in [6, 6.07) is 0. The lowest BCUT2D eigenvalue weighted by molar-refractivity contribution is -0.198. The number of hydrogen-bond acceptors (Lipinski definition) is 4. The molecular formula is C14H20O4. The summed E-state index contributed by atoms with van der Waals surface area (Å²) in [6.07, 6.45) is 2.67. The molecule has 1 aliphatic rings. The summed E-state index contributed by atoms with van der Waals surface area (Å²) >= 11 is 0. The van der Waals surface area contributed by atoms with E-state index < -0.39 is 11.7 Å². The van der Waals surface area contributed by atoms with Gasteiger partial charge in [-0.15, -0.1) is 11.8 Å². The van der Waals surface area contributed by atoms with E-state index >= 15 is 0 Å². The van der Waals surface area contributed by atoms with Crippen LogP contribution in [-0.2, 0) is 19.0 Å². The van der Waals surface area contributed by atoms with Gasteiger partial charge in [0.2, 0.25) is 0 Å². The van der Waals surface area contributed by atoms with Gasteiger partial charge in [-0.05, 0) is 6.92 Å². The summed E-state index contributed by atoms with van der Waals surface area (Å²) < 4.78 is 16.1. The Kier molecular flexibility index (Phi) is 5.90. The lowest BCUT2D eigenvalue weighted by Gasteiger charge is -2.29. The number of carbonyl (C=O) groups is 1. The smallest absolute Gasteiger partial charge is 0.315 e. The Labute approximate surface area is 108 Å². The van der Waals surface area contributed by atoms with Gasteiger partial charge in [0, 0.05) is 12.8 Å². The Morgan fingerprint density at radius 2 is 2.17 bits per heavy atom. The van der Waals surface area contributed by atoms with Crippen LogP contribution in [0.1, 0.15) is 26.7 Å². The van der Waals surface area contributed by atoms with Crippen LogP contribution >= 0.6 is 0 Å². The SMILES string of the molecule is C=CCOC(=O)C(CC#CCC)C1(C)OCCO1. The molecular weight excluding hydrogens is 232 g/mol. The molecule has 1 saturated heterocycles. The molecule has 100 valence electrons. The highest BCUT2D eigenvalue weighted by Crippen LogP contribution is 2.31. The molecule has 1 aliphatic heterocycles. The second-order valence-corrected chi connectivity index (χ2v) is 4.10. The van der Waals surface area contributed by atoms with Crippen LogP contribution in [0.15, 0.2) is 12.7 Å². The van der Waals surface area contributed by atoms with Crippen LogP contribution in [0.4, 0.5) is 0 Å². The molecule has 1 heterocycles. The molecule has 4 nitrogen and oxygen atoms in total. The van der Waals surface area contributed by atoms with Crippen molar-refractivity contribution in [3.05, 3.63) is 12.7 Å². The van der Waals surface area contributed by atoms with E-state index in [-0.39, 0.29) is 12.6 Å². The van der Waals surface area contributed by atoms with E-state index in [1.807, 2.05) is 6.92 Å². The molecule has 0 aromatic carbocycles. The van der Waals surface area contributed by atoms with Crippen molar-refractivity contribution >= 4 is 5.97 Å². The highest BCUT2D eigenvalue weighted by atomic mass is 16.7. The molecule has 0 aromatic heterocycles. The summed E-state index contributed by atoms with van der Waals surface area (Å²) in [4.78, 5) is 12.0. The van der Waals surface area contributed by atoms with Gasteiger partial charge < -0.3 is 14.2 Å². The van der Waals surface area contributed by atoms with Gasteiger partial charge in [0.1, 0.15) is 12.5 Å².